The van der Waals surface area contributed by atoms with E-state index in [0.29, 0.717) is 24.5 Å². The van der Waals surface area contributed by atoms with E-state index in [2.05, 4.69) is 31.0 Å². The highest BCUT2D eigenvalue weighted by Crippen LogP contribution is 2.46. The molecule has 1 aromatic carbocycles. The maximum absolute atomic E-state index is 13.1. The van der Waals surface area contributed by atoms with E-state index in [0.717, 1.165) is 28.6 Å². The Hall–Kier alpha value is -2.69. The number of nitrogens with one attached hydrogen (secondary N) is 1. The van der Waals surface area contributed by atoms with Crippen molar-refractivity contribution in [2.45, 2.75) is 33.1 Å². The van der Waals surface area contributed by atoms with Crippen LogP contribution in [0.25, 0.3) is 10.9 Å². The van der Waals surface area contributed by atoms with E-state index < -0.39 is 5.41 Å². The number of esters is 1. The van der Waals surface area contributed by atoms with E-state index >= 15 is 0 Å². The Morgan fingerprint density at radius 2 is 2.04 bits per heavy atom. The van der Waals surface area contributed by atoms with Crippen molar-refractivity contribution in [3.05, 3.63) is 59.6 Å². The summed E-state index contributed by atoms with van der Waals surface area (Å²) in [7, 11) is 3.08. The number of ether oxygens (including phenoxy) is 2. The molecular formula is C23H30N2O3. The highest BCUT2D eigenvalue weighted by Gasteiger charge is 2.49. The molecule has 0 spiro atoms. The number of carbonyl (C=O) groups is 1. The number of aromatic nitrogens is 1. The second-order valence-corrected chi connectivity index (χ2v) is 7.98. The predicted octanol–water partition coefficient (Wildman–Crippen LogP) is 4.31. The van der Waals surface area contributed by atoms with Gasteiger partial charge in [0, 0.05) is 28.7 Å². The average molecular weight is 383 g/mol. The number of para-hydroxylation sites is 1. The molecule has 1 aliphatic carbocycles. The van der Waals surface area contributed by atoms with E-state index in [1.165, 1.54) is 7.11 Å². The summed E-state index contributed by atoms with van der Waals surface area (Å²) in [6, 6.07) is 8.18. The van der Waals surface area contributed by atoms with Crippen LogP contribution in [0, 0.1) is 17.3 Å². The van der Waals surface area contributed by atoms with E-state index in [1.807, 2.05) is 30.5 Å². The monoisotopic (exact) mass is 382 g/mol. The van der Waals surface area contributed by atoms with Gasteiger partial charge in [0.25, 0.3) is 0 Å². The number of methoxy groups -OCH3 is 2. The minimum absolute atomic E-state index is 0.185. The van der Waals surface area contributed by atoms with Gasteiger partial charge in [-0.05, 0) is 49.0 Å². The minimum Gasteiger partial charge on any atom is -0.501 e. The molecule has 0 saturated carbocycles. The molecule has 1 aromatic heterocycles. The molecule has 5 nitrogen and oxygen atoms in total. The van der Waals surface area contributed by atoms with Crippen LogP contribution < -0.4 is 5.73 Å². The second kappa shape index (κ2) is 8.13. The van der Waals surface area contributed by atoms with E-state index in [1.54, 1.807) is 7.11 Å². The summed E-state index contributed by atoms with van der Waals surface area (Å²) in [5, 5.41) is 1.16. The average Bonchev–Trinajstić information content (AvgIpc) is 3.10. The van der Waals surface area contributed by atoms with Crippen LogP contribution in [0.1, 0.15) is 32.3 Å². The number of aromatic amines is 1. The highest BCUT2D eigenvalue weighted by molar-refractivity contribution is 5.84. The van der Waals surface area contributed by atoms with Gasteiger partial charge < -0.3 is 20.2 Å². The summed E-state index contributed by atoms with van der Waals surface area (Å²) in [5.74, 6) is 0.736. The summed E-state index contributed by atoms with van der Waals surface area (Å²) in [6.07, 6.45) is 7.93. The zero-order chi connectivity index (χ0) is 20.3. The number of allylic oxidation sites excluding steroid dienone is 2. The molecule has 1 heterocycles. The van der Waals surface area contributed by atoms with E-state index in [-0.39, 0.29) is 11.9 Å². The van der Waals surface area contributed by atoms with E-state index in [9.17, 15) is 4.79 Å². The predicted molar refractivity (Wildman–Crippen MR) is 111 cm³/mol. The van der Waals surface area contributed by atoms with Gasteiger partial charge in [-0.15, -0.1) is 0 Å². The molecule has 150 valence electrons. The number of benzene rings is 1. The van der Waals surface area contributed by atoms with Crippen LogP contribution in [0.3, 0.4) is 0 Å². The molecule has 0 radical (unpaired) electrons. The van der Waals surface area contributed by atoms with Crippen molar-refractivity contribution in [2.75, 3.05) is 14.2 Å². The van der Waals surface area contributed by atoms with Crippen LogP contribution in [0.15, 0.2) is 54.1 Å². The Kier molecular flexibility index (Phi) is 5.82. The molecule has 5 heteroatoms. The molecule has 28 heavy (non-hydrogen) atoms. The van der Waals surface area contributed by atoms with Crippen LogP contribution in [0.5, 0.6) is 0 Å². The summed E-state index contributed by atoms with van der Waals surface area (Å²) < 4.78 is 11.0. The molecule has 2 aromatic rings. The Balaban J connectivity index is 2.08. The number of fused-ring (bicyclic) bond motifs is 1. The first-order valence-electron chi connectivity index (χ1n) is 9.78. The molecule has 3 N–H and O–H groups in total. The zero-order valence-electron chi connectivity index (χ0n) is 17.1. The lowest BCUT2D eigenvalue weighted by atomic mass is 9.65. The van der Waals surface area contributed by atoms with Crippen LogP contribution in [-0.4, -0.2) is 25.2 Å². The maximum Gasteiger partial charge on any atom is 0.316 e. The summed E-state index contributed by atoms with van der Waals surface area (Å²) in [5.41, 5.74) is 8.12. The molecule has 3 rings (SSSR count). The molecular weight excluding hydrogens is 352 g/mol. The van der Waals surface area contributed by atoms with Crippen LogP contribution >= 0.6 is 0 Å². The van der Waals surface area contributed by atoms with Gasteiger partial charge in [0.1, 0.15) is 5.76 Å². The Morgan fingerprint density at radius 3 is 2.71 bits per heavy atom. The number of carbonyl (C=O) groups excluding carboxylic acids is 1. The van der Waals surface area contributed by atoms with Crippen molar-refractivity contribution in [3.8, 4) is 0 Å². The second-order valence-electron chi connectivity index (χ2n) is 7.98. The van der Waals surface area contributed by atoms with Crippen molar-refractivity contribution >= 4 is 16.9 Å². The van der Waals surface area contributed by atoms with Crippen LogP contribution in [-0.2, 0) is 20.7 Å². The smallest absolute Gasteiger partial charge is 0.316 e. The van der Waals surface area contributed by atoms with Crippen molar-refractivity contribution in [2.24, 2.45) is 23.0 Å². The molecule has 0 amide bonds. The summed E-state index contributed by atoms with van der Waals surface area (Å²) >= 11 is 0. The molecule has 1 aliphatic rings. The maximum atomic E-state index is 13.1. The van der Waals surface area contributed by atoms with Crippen LogP contribution in [0.2, 0.25) is 0 Å². The topological polar surface area (TPSA) is 77.3 Å². The van der Waals surface area contributed by atoms with Crippen molar-refractivity contribution in [1.29, 1.82) is 0 Å². The van der Waals surface area contributed by atoms with Gasteiger partial charge in [0.15, 0.2) is 0 Å². The van der Waals surface area contributed by atoms with E-state index in [4.69, 9.17) is 15.2 Å². The number of hydrogen-bond donors (Lipinski definition) is 2. The molecule has 2 atom stereocenters. The lowest BCUT2D eigenvalue weighted by Crippen LogP contribution is -2.43. The minimum atomic E-state index is -0.846. The number of hydrogen-bond acceptors (Lipinski definition) is 4. The fraction of sp³-hybridized carbons (Fsp3) is 0.435. The van der Waals surface area contributed by atoms with Gasteiger partial charge >= 0.3 is 5.97 Å². The molecule has 0 bridgehead atoms. The molecule has 0 fully saturated rings. The Morgan fingerprint density at radius 1 is 1.29 bits per heavy atom. The van der Waals surface area contributed by atoms with Crippen molar-refractivity contribution < 1.29 is 14.3 Å². The van der Waals surface area contributed by atoms with Crippen molar-refractivity contribution in [3.63, 3.8) is 0 Å². The lowest BCUT2D eigenvalue weighted by molar-refractivity contribution is -0.153. The third-order valence-electron chi connectivity index (χ3n) is 5.73. The van der Waals surface area contributed by atoms with Gasteiger partial charge in [-0.25, -0.2) is 0 Å². The molecule has 2 unspecified atom stereocenters. The first kappa shape index (κ1) is 20.1. The van der Waals surface area contributed by atoms with Crippen LogP contribution in [0.4, 0.5) is 0 Å². The van der Waals surface area contributed by atoms with Crippen molar-refractivity contribution in [1.82, 2.24) is 4.98 Å². The lowest BCUT2D eigenvalue weighted by Gasteiger charge is -2.39. The normalized spacial score (nSPS) is 22.1. The number of rotatable bonds is 7. The third kappa shape index (κ3) is 3.66. The SMILES string of the molecule is COC(=O)C1(CCC(C)C)C=C(N)C=C(OC)C1Cc1c[nH]c2ccccc12. The summed E-state index contributed by atoms with van der Waals surface area (Å²) in [6.45, 7) is 4.31. The number of nitrogens with two attached hydrogens (primary N) is 1. The first-order chi connectivity index (χ1) is 13.4. The Labute approximate surface area is 166 Å². The fourth-order valence-corrected chi connectivity index (χ4v) is 4.23. The largest absolute Gasteiger partial charge is 0.501 e. The van der Waals surface area contributed by atoms with Gasteiger partial charge in [-0.3, -0.25) is 4.79 Å². The molecule has 0 aliphatic heterocycles. The zero-order valence-corrected chi connectivity index (χ0v) is 17.1. The molecule has 0 saturated heterocycles. The number of H-pyrrole nitrogens is 1. The van der Waals surface area contributed by atoms with Gasteiger partial charge in [0.2, 0.25) is 0 Å². The van der Waals surface area contributed by atoms with Gasteiger partial charge in [-0.2, -0.15) is 0 Å². The van der Waals surface area contributed by atoms with Gasteiger partial charge in [0.05, 0.1) is 19.6 Å². The highest BCUT2D eigenvalue weighted by atomic mass is 16.5. The third-order valence-corrected chi connectivity index (χ3v) is 5.73. The summed E-state index contributed by atoms with van der Waals surface area (Å²) in [4.78, 5) is 16.4. The Bertz CT molecular complexity index is 909. The standard InChI is InChI=1S/C23H30N2O3/c1-15(2)9-10-23(22(26)28-4)13-17(24)12-21(27-3)19(23)11-16-14-25-20-8-6-5-7-18(16)20/h5-8,12-15,19,25H,9-11,24H2,1-4H3. The quantitative estimate of drug-likeness (QED) is 0.700. The fourth-order valence-electron chi connectivity index (χ4n) is 4.23. The van der Waals surface area contributed by atoms with Gasteiger partial charge in [-0.1, -0.05) is 32.0 Å². The first-order valence-corrected chi connectivity index (χ1v) is 9.78.